The van der Waals surface area contributed by atoms with Crippen molar-refractivity contribution in [3.05, 3.63) is 98.6 Å². The highest BCUT2D eigenvalue weighted by atomic mass is 35.5. The van der Waals surface area contributed by atoms with Gasteiger partial charge < -0.3 is 20.0 Å². The van der Waals surface area contributed by atoms with E-state index in [0.717, 1.165) is 10.7 Å². The fourth-order valence-electron chi connectivity index (χ4n) is 9.67. The van der Waals surface area contributed by atoms with E-state index in [1.807, 2.05) is 0 Å². The van der Waals surface area contributed by atoms with Crippen LogP contribution in [0.4, 0.5) is 31.1 Å². The van der Waals surface area contributed by atoms with Crippen LogP contribution in [0.1, 0.15) is 103 Å². The van der Waals surface area contributed by atoms with Crippen molar-refractivity contribution in [2.24, 2.45) is 0 Å². The molecule has 4 amide bonds. The van der Waals surface area contributed by atoms with E-state index in [1.54, 1.807) is 9.80 Å². The molecule has 4 aliphatic heterocycles. The van der Waals surface area contributed by atoms with Crippen molar-refractivity contribution in [3.63, 3.8) is 0 Å². The summed E-state index contributed by atoms with van der Waals surface area (Å²) in [5.41, 5.74) is 0.105. The van der Waals surface area contributed by atoms with E-state index in [4.69, 9.17) is 11.6 Å². The third-order valence-electron chi connectivity index (χ3n) is 12.8. The number of alkyl halides is 7. The van der Waals surface area contributed by atoms with Gasteiger partial charge in [-0.1, -0.05) is 30.3 Å². The molecule has 64 heavy (non-hydrogen) atoms. The predicted molar refractivity (Wildman–Crippen MR) is 222 cm³/mol. The van der Waals surface area contributed by atoms with E-state index in [9.17, 15) is 36.0 Å². The number of rotatable bonds is 8. The Morgan fingerprint density at radius 1 is 0.766 bits per heavy atom. The Morgan fingerprint density at radius 3 is 2.00 bits per heavy atom. The second-order valence-corrected chi connectivity index (χ2v) is 19.3. The molecule has 0 radical (unpaired) electrons. The lowest BCUT2D eigenvalue weighted by Gasteiger charge is -2.34. The number of halogens is 7. The standard InChI is InChI=1S/C42H46ClF6N9O5S/c1-50-40(61)57-20-14-29-32(21-57)51-52-36(29)38(59)55-18-11-26(12-19-55)28-6-4-8-33(35(28)42(47,48)49)58-34-22-54(24-64(62,63)23-43)15-13-30(34)37(53-58)39(60)56-16-9-25(10-17-56)27-5-2-3-7-31(27)41(44,45)46/h2-8,25-26H,9-24H2,1H3,(H,50,61)(H,51,52). The van der Waals surface area contributed by atoms with Gasteiger partial charge in [0.15, 0.2) is 21.2 Å². The van der Waals surface area contributed by atoms with Gasteiger partial charge in [0.1, 0.15) is 11.1 Å². The molecule has 0 atom stereocenters. The van der Waals surface area contributed by atoms with Crippen molar-refractivity contribution in [2.45, 2.75) is 75.8 Å². The van der Waals surface area contributed by atoms with Gasteiger partial charge in [0.25, 0.3) is 11.8 Å². The van der Waals surface area contributed by atoms with Crippen LogP contribution in [0.25, 0.3) is 5.69 Å². The lowest BCUT2D eigenvalue weighted by atomic mass is 9.85. The number of nitrogens with one attached hydrogen (secondary N) is 2. The fourth-order valence-corrected chi connectivity index (χ4v) is 10.7. The molecule has 0 bridgehead atoms. The molecule has 22 heteroatoms. The Morgan fingerprint density at radius 2 is 1.38 bits per heavy atom. The van der Waals surface area contributed by atoms with Gasteiger partial charge in [-0.25, -0.2) is 17.9 Å². The maximum absolute atomic E-state index is 15.5. The molecule has 2 aromatic carbocycles. The minimum atomic E-state index is -4.91. The normalized spacial score (nSPS) is 18.2. The Balaban J connectivity index is 1.07. The second kappa shape index (κ2) is 17.7. The summed E-state index contributed by atoms with van der Waals surface area (Å²) in [7, 11) is -2.24. The topological polar surface area (TPSA) is 157 Å². The molecule has 2 N–H and O–H groups in total. The molecular formula is C42H46ClF6N9O5S. The van der Waals surface area contributed by atoms with Crippen LogP contribution in [0.3, 0.4) is 0 Å². The number of carbonyl (C=O) groups excluding carboxylic acids is 3. The Hall–Kier alpha value is -5.15. The number of piperidine rings is 2. The van der Waals surface area contributed by atoms with Crippen molar-refractivity contribution in [2.75, 3.05) is 57.4 Å². The fraction of sp³-hybridized carbons (Fsp3) is 0.500. The smallest absolute Gasteiger partial charge is 0.341 e. The van der Waals surface area contributed by atoms with E-state index in [-0.39, 0.29) is 124 Å². The zero-order valence-corrected chi connectivity index (χ0v) is 36.3. The Labute approximate surface area is 369 Å². The number of aromatic nitrogens is 4. The van der Waals surface area contributed by atoms with Crippen molar-refractivity contribution in [1.82, 2.24) is 44.9 Å². The van der Waals surface area contributed by atoms with Crippen molar-refractivity contribution in [1.29, 1.82) is 0 Å². The number of aromatic amines is 1. The number of carbonyl (C=O) groups is 3. The molecule has 2 saturated heterocycles. The molecule has 2 fully saturated rings. The molecule has 6 heterocycles. The lowest BCUT2D eigenvalue weighted by molar-refractivity contribution is -0.139. The number of nitrogens with zero attached hydrogens (tertiary/aromatic N) is 7. The van der Waals surface area contributed by atoms with Gasteiger partial charge in [0.05, 0.1) is 34.7 Å². The van der Waals surface area contributed by atoms with E-state index < -0.39 is 62.1 Å². The van der Waals surface area contributed by atoms with Gasteiger partial charge in [-0.2, -0.15) is 36.5 Å². The average molecular weight is 938 g/mol. The number of fused-ring (bicyclic) bond motifs is 2. The second-order valence-electron chi connectivity index (χ2n) is 16.7. The third-order valence-corrected chi connectivity index (χ3v) is 14.9. The number of urea groups is 1. The molecule has 4 aliphatic rings. The lowest BCUT2D eigenvalue weighted by Crippen LogP contribution is -2.42. The van der Waals surface area contributed by atoms with Gasteiger partial charge in [-0.3, -0.25) is 19.6 Å². The van der Waals surface area contributed by atoms with Crippen molar-refractivity contribution in [3.8, 4) is 5.69 Å². The molecule has 0 unspecified atom stereocenters. The first-order valence-electron chi connectivity index (χ1n) is 21.0. The monoisotopic (exact) mass is 937 g/mol. The maximum Gasteiger partial charge on any atom is 0.418 e. The molecule has 0 spiro atoms. The molecule has 0 aliphatic carbocycles. The van der Waals surface area contributed by atoms with Crippen LogP contribution in [0.5, 0.6) is 0 Å². The minimum Gasteiger partial charge on any atom is -0.341 e. The quantitative estimate of drug-likeness (QED) is 0.154. The minimum absolute atomic E-state index is 0.0146. The van der Waals surface area contributed by atoms with Crippen LogP contribution < -0.4 is 5.32 Å². The van der Waals surface area contributed by atoms with Crippen molar-refractivity contribution >= 4 is 39.3 Å². The molecule has 14 nitrogen and oxygen atoms in total. The average Bonchev–Trinajstić information content (AvgIpc) is 3.89. The summed E-state index contributed by atoms with van der Waals surface area (Å²) in [5.74, 6) is -2.52. The maximum atomic E-state index is 15.5. The molecule has 344 valence electrons. The number of hydrogen-bond acceptors (Lipinski definition) is 8. The van der Waals surface area contributed by atoms with Crippen LogP contribution in [0.15, 0.2) is 42.5 Å². The van der Waals surface area contributed by atoms with Crippen LogP contribution in [-0.4, -0.2) is 123 Å². The Bertz CT molecular complexity index is 2550. The first kappa shape index (κ1) is 45.4. The summed E-state index contributed by atoms with van der Waals surface area (Å²) in [6, 6.07) is 9.21. The summed E-state index contributed by atoms with van der Waals surface area (Å²) < 4.78 is 114. The summed E-state index contributed by atoms with van der Waals surface area (Å²) in [4.78, 5) is 46.3. The largest absolute Gasteiger partial charge is 0.418 e. The number of hydrogen-bond donors (Lipinski definition) is 2. The zero-order chi connectivity index (χ0) is 45.7. The number of H-pyrrole nitrogens is 1. The van der Waals surface area contributed by atoms with Crippen LogP contribution in [-0.2, 0) is 48.1 Å². The first-order valence-corrected chi connectivity index (χ1v) is 23.3. The molecular weight excluding hydrogens is 892 g/mol. The van der Waals surface area contributed by atoms with E-state index >= 15 is 13.2 Å². The highest BCUT2D eigenvalue weighted by molar-refractivity contribution is 7.92. The predicted octanol–water partition coefficient (Wildman–Crippen LogP) is 6.30. The highest BCUT2D eigenvalue weighted by Crippen LogP contribution is 2.44. The van der Waals surface area contributed by atoms with Crippen molar-refractivity contribution < 1.29 is 49.1 Å². The molecule has 0 saturated carbocycles. The number of likely N-dealkylation sites (tertiary alicyclic amines) is 2. The van der Waals surface area contributed by atoms with Gasteiger partial charge >= 0.3 is 18.4 Å². The third kappa shape index (κ3) is 8.94. The van der Waals surface area contributed by atoms with E-state index in [1.165, 1.54) is 53.2 Å². The number of sulfone groups is 1. The molecule has 8 rings (SSSR count). The molecule has 4 aromatic rings. The van der Waals surface area contributed by atoms with Crippen LogP contribution >= 0.6 is 11.6 Å². The van der Waals surface area contributed by atoms with Gasteiger partial charge in [0.2, 0.25) is 0 Å². The number of benzene rings is 2. The van der Waals surface area contributed by atoms with E-state index in [2.05, 4.69) is 20.6 Å². The zero-order valence-electron chi connectivity index (χ0n) is 34.7. The van der Waals surface area contributed by atoms with Crippen LogP contribution in [0, 0.1) is 0 Å². The van der Waals surface area contributed by atoms with Gasteiger partial charge in [0, 0.05) is 64.0 Å². The summed E-state index contributed by atoms with van der Waals surface area (Å²) in [5, 5.41) is 13.6. The van der Waals surface area contributed by atoms with Crippen LogP contribution in [0.2, 0.25) is 0 Å². The highest BCUT2D eigenvalue weighted by Gasteiger charge is 2.43. The SMILES string of the molecule is CNC(=O)N1CCc2c(C(=O)N3CCC(c4cccc(-n5nc(C(=O)N6CCC(c7ccccc7C(F)(F)F)CC6)c6c5CN(CS(=O)(=O)CCl)CC6)c4C(F)(F)F)CC3)n[nH]c2C1. The van der Waals surface area contributed by atoms with Gasteiger partial charge in [-0.15, -0.1) is 11.6 Å². The Kier molecular flexibility index (Phi) is 12.5. The van der Waals surface area contributed by atoms with Gasteiger partial charge in [-0.05, 0) is 73.6 Å². The summed E-state index contributed by atoms with van der Waals surface area (Å²) in [6.45, 7) is 1.07. The molecule has 2 aromatic heterocycles. The first-order chi connectivity index (χ1) is 30.4. The number of amides is 4. The summed E-state index contributed by atoms with van der Waals surface area (Å²) >= 11 is 5.71. The van der Waals surface area contributed by atoms with E-state index in [0.29, 0.717) is 29.8 Å². The summed E-state index contributed by atoms with van der Waals surface area (Å²) in [6.07, 6.45) is -8.14.